The number of ether oxygens (including phenoxy) is 2. The molecule has 30 heavy (non-hydrogen) atoms. The van der Waals surface area contributed by atoms with E-state index in [-0.39, 0.29) is 18.4 Å². The third kappa shape index (κ3) is 5.43. The van der Waals surface area contributed by atoms with E-state index in [1.54, 1.807) is 44.6 Å². The van der Waals surface area contributed by atoms with Gasteiger partial charge in [0.25, 0.3) is 5.91 Å². The summed E-state index contributed by atoms with van der Waals surface area (Å²) in [6, 6.07) is 12.4. The molecule has 3 rings (SSSR count). The fourth-order valence-corrected chi connectivity index (χ4v) is 3.41. The third-order valence-electron chi connectivity index (χ3n) is 5.34. The number of methoxy groups -OCH3 is 2. The fraction of sp³-hybridized carbons (Fsp3) is 0.391. The Morgan fingerprint density at radius 3 is 2.37 bits per heavy atom. The highest BCUT2D eigenvalue weighted by atomic mass is 16.5. The van der Waals surface area contributed by atoms with E-state index in [1.165, 1.54) is 0 Å². The maximum absolute atomic E-state index is 12.6. The van der Waals surface area contributed by atoms with E-state index in [4.69, 9.17) is 9.47 Å². The van der Waals surface area contributed by atoms with Crippen LogP contribution in [0.2, 0.25) is 0 Å². The lowest BCUT2D eigenvalue weighted by Gasteiger charge is -2.30. The highest BCUT2D eigenvalue weighted by molar-refractivity contribution is 5.96. The Bertz CT molecular complexity index is 875. The number of piperidine rings is 1. The molecule has 0 radical (unpaired) electrons. The maximum atomic E-state index is 12.6. The van der Waals surface area contributed by atoms with Gasteiger partial charge in [0.15, 0.2) is 0 Å². The minimum atomic E-state index is -0.218. The smallest absolute Gasteiger partial charge is 0.253 e. The van der Waals surface area contributed by atoms with Crippen molar-refractivity contribution in [1.29, 1.82) is 0 Å². The molecule has 0 unspecified atom stereocenters. The van der Waals surface area contributed by atoms with E-state index in [2.05, 4.69) is 17.6 Å². The monoisotopic (exact) mass is 411 g/mol. The lowest BCUT2D eigenvalue weighted by molar-refractivity contribution is -0.114. The molecule has 7 heteroatoms. The first-order valence-corrected chi connectivity index (χ1v) is 10.1. The van der Waals surface area contributed by atoms with Gasteiger partial charge in [-0.1, -0.05) is 6.92 Å². The number of hydrogen-bond donors (Lipinski definition) is 2. The summed E-state index contributed by atoms with van der Waals surface area (Å²) in [4.78, 5) is 26.9. The molecule has 0 aromatic heterocycles. The molecule has 0 spiro atoms. The molecule has 2 aromatic carbocycles. The van der Waals surface area contributed by atoms with Gasteiger partial charge in [0.05, 0.1) is 26.5 Å². The van der Waals surface area contributed by atoms with E-state index in [0.29, 0.717) is 28.7 Å². The summed E-state index contributed by atoms with van der Waals surface area (Å²) in [6.07, 6.45) is 2.11. The van der Waals surface area contributed by atoms with Crippen molar-refractivity contribution >= 4 is 23.2 Å². The minimum Gasteiger partial charge on any atom is -0.497 e. The predicted molar refractivity (Wildman–Crippen MR) is 117 cm³/mol. The largest absolute Gasteiger partial charge is 0.497 e. The van der Waals surface area contributed by atoms with Crippen molar-refractivity contribution < 1.29 is 19.1 Å². The highest BCUT2D eigenvalue weighted by Crippen LogP contribution is 2.28. The molecule has 2 amide bonds. The zero-order valence-corrected chi connectivity index (χ0v) is 17.7. The van der Waals surface area contributed by atoms with Crippen molar-refractivity contribution in [2.75, 3.05) is 44.5 Å². The second kappa shape index (κ2) is 10.0. The van der Waals surface area contributed by atoms with Crippen molar-refractivity contribution in [2.45, 2.75) is 19.8 Å². The number of nitrogens with zero attached hydrogens (tertiary/aromatic N) is 1. The van der Waals surface area contributed by atoms with Gasteiger partial charge in [-0.05, 0) is 55.2 Å². The van der Waals surface area contributed by atoms with Gasteiger partial charge in [-0.2, -0.15) is 0 Å². The van der Waals surface area contributed by atoms with Gasteiger partial charge in [-0.15, -0.1) is 0 Å². The zero-order valence-electron chi connectivity index (χ0n) is 17.7. The molecule has 0 atom stereocenters. The van der Waals surface area contributed by atoms with E-state index >= 15 is 0 Å². The molecular formula is C23H29N3O4. The van der Waals surface area contributed by atoms with Crippen LogP contribution in [0, 0.1) is 5.92 Å². The summed E-state index contributed by atoms with van der Waals surface area (Å²) >= 11 is 0. The molecule has 1 aliphatic heterocycles. The normalized spacial score (nSPS) is 14.2. The van der Waals surface area contributed by atoms with Gasteiger partial charge in [-0.25, -0.2) is 0 Å². The summed E-state index contributed by atoms with van der Waals surface area (Å²) in [5, 5.41) is 5.89. The molecule has 0 aliphatic carbocycles. The number of anilines is 2. The molecular weight excluding hydrogens is 382 g/mol. The lowest BCUT2D eigenvalue weighted by Crippen LogP contribution is -2.37. The summed E-state index contributed by atoms with van der Waals surface area (Å²) in [6.45, 7) is 3.93. The van der Waals surface area contributed by atoms with Crippen molar-refractivity contribution in [3.8, 4) is 11.5 Å². The zero-order chi connectivity index (χ0) is 21.5. The average molecular weight is 412 g/mol. The van der Waals surface area contributed by atoms with Crippen LogP contribution in [0.25, 0.3) is 0 Å². The van der Waals surface area contributed by atoms with Crippen molar-refractivity contribution in [3.63, 3.8) is 0 Å². The van der Waals surface area contributed by atoms with E-state index in [1.807, 2.05) is 17.0 Å². The fourth-order valence-electron chi connectivity index (χ4n) is 3.41. The first-order chi connectivity index (χ1) is 14.5. The highest BCUT2D eigenvalue weighted by Gasteiger charge is 2.21. The second-order valence-corrected chi connectivity index (χ2v) is 7.52. The number of rotatable bonds is 7. The van der Waals surface area contributed by atoms with Crippen LogP contribution in [0.3, 0.4) is 0 Å². The van der Waals surface area contributed by atoms with Gasteiger partial charge >= 0.3 is 0 Å². The first-order valence-electron chi connectivity index (χ1n) is 10.1. The van der Waals surface area contributed by atoms with Crippen LogP contribution in [0.5, 0.6) is 11.5 Å². The molecule has 0 bridgehead atoms. The van der Waals surface area contributed by atoms with Crippen LogP contribution in [0.4, 0.5) is 11.4 Å². The molecule has 1 aliphatic rings. The van der Waals surface area contributed by atoms with E-state index in [0.717, 1.165) is 31.6 Å². The number of benzene rings is 2. The van der Waals surface area contributed by atoms with Crippen molar-refractivity contribution in [2.24, 2.45) is 5.92 Å². The Balaban J connectivity index is 1.54. The number of hydrogen-bond acceptors (Lipinski definition) is 5. The summed E-state index contributed by atoms with van der Waals surface area (Å²) in [7, 11) is 3.11. The van der Waals surface area contributed by atoms with Gasteiger partial charge < -0.3 is 25.0 Å². The second-order valence-electron chi connectivity index (χ2n) is 7.52. The van der Waals surface area contributed by atoms with Crippen molar-refractivity contribution in [3.05, 3.63) is 48.0 Å². The van der Waals surface area contributed by atoms with Crippen LogP contribution >= 0.6 is 0 Å². The maximum Gasteiger partial charge on any atom is 0.253 e. The Hall–Kier alpha value is -3.22. The molecule has 7 nitrogen and oxygen atoms in total. The van der Waals surface area contributed by atoms with E-state index < -0.39 is 0 Å². The Morgan fingerprint density at radius 2 is 1.73 bits per heavy atom. The number of likely N-dealkylation sites (tertiary alicyclic amines) is 1. The Kier molecular flexibility index (Phi) is 7.17. The van der Waals surface area contributed by atoms with Crippen LogP contribution in [0.15, 0.2) is 42.5 Å². The van der Waals surface area contributed by atoms with Gasteiger partial charge in [0, 0.05) is 30.4 Å². The lowest BCUT2D eigenvalue weighted by atomic mass is 9.98. The topological polar surface area (TPSA) is 79.9 Å². The van der Waals surface area contributed by atoms with Crippen LogP contribution in [-0.4, -0.2) is 50.6 Å². The van der Waals surface area contributed by atoms with Crippen LogP contribution < -0.4 is 20.1 Å². The molecule has 1 saturated heterocycles. The van der Waals surface area contributed by atoms with E-state index in [9.17, 15) is 9.59 Å². The summed E-state index contributed by atoms with van der Waals surface area (Å²) in [5.74, 6) is 1.71. The van der Waals surface area contributed by atoms with Crippen molar-refractivity contribution in [1.82, 2.24) is 4.90 Å². The third-order valence-corrected chi connectivity index (χ3v) is 5.34. The Labute approximate surface area is 177 Å². The van der Waals surface area contributed by atoms with Gasteiger partial charge in [-0.3, -0.25) is 9.59 Å². The minimum absolute atomic E-state index is 0.0660. The summed E-state index contributed by atoms with van der Waals surface area (Å²) < 4.78 is 10.5. The quantitative estimate of drug-likeness (QED) is 0.727. The molecule has 2 N–H and O–H groups in total. The average Bonchev–Trinajstić information content (AvgIpc) is 2.78. The number of carbonyl (C=O) groups is 2. The number of carbonyl (C=O) groups excluding carboxylic acids is 2. The van der Waals surface area contributed by atoms with Crippen LogP contribution in [0.1, 0.15) is 30.1 Å². The number of amides is 2. The summed E-state index contributed by atoms with van der Waals surface area (Å²) in [5.41, 5.74) is 1.98. The Morgan fingerprint density at radius 1 is 1.03 bits per heavy atom. The molecule has 2 aromatic rings. The first kappa shape index (κ1) is 21.5. The molecule has 0 saturated carbocycles. The molecule has 160 valence electrons. The predicted octanol–water partition coefficient (Wildman–Crippen LogP) is 3.63. The standard InChI is InChI=1S/C23H29N3O4/c1-16-10-12-26(13-11-16)23(28)17-4-6-18(7-5-17)24-15-22(27)25-20-14-19(29-2)8-9-21(20)30-3/h4-9,14,16,24H,10-13,15H2,1-3H3,(H,25,27). The van der Waals surface area contributed by atoms with Gasteiger partial charge in [0.1, 0.15) is 11.5 Å². The molecule has 1 heterocycles. The number of nitrogens with one attached hydrogen (secondary N) is 2. The SMILES string of the molecule is COc1ccc(OC)c(NC(=O)CNc2ccc(C(=O)N3CCC(C)CC3)cc2)c1. The van der Waals surface area contributed by atoms with Crippen LogP contribution in [-0.2, 0) is 4.79 Å². The molecule has 1 fully saturated rings. The van der Waals surface area contributed by atoms with Gasteiger partial charge in [0.2, 0.25) is 5.91 Å².